The minimum atomic E-state index is -2.38. The lowest BCUT2D eigenvalue weighted by Crippen LogP contribution is -2.42. The number of aryl methyl sites for hydroxylation is 2. The Labute approximate surface area is 121 Å². The lowest BCUT2D eigenvalue weighted by Gasteiger charge is -2.23. The second-order valence-electron chi connectivity index (χ2n) is 4.21. The Bertz CT molecular complexity index is 381. The molecule has 8 heteroatoms. The Morgan fingerprint density at radius 2 is 1.80 bits per heavy atom. The molecular weight excluding hydrogens is 280 g/mol. The molecule has 0 aliphatic heterocycles. The van der Waals surface area contributed by atoms with Crippen LogP contribution in [0.15, 0.2) is 18.7 Å². The van der Waals surface area contributed by atoms with Crippen LogP contribution in [0.3, 0.4) is 0 Å². The van der Waals surface area contributed by atoms with Crippen LogP contribution in [0.5, 0.6) is 0 Å². The summed E-state index contributed by atoms with van der Waals surface area (Å²) in [5.74, 6) is -1.08. The summed E-state index contributed by atoms with van der Waals surface area (Å²) in [6.07, 6.45) is 7.11. The van der Waals surface area contributed by atoms with Crippen molar-refractivity contribution < 1.29 is 27.7 Å². The molecule has 0 fully saturated rings. The van der Waals surface area contributed by atoms with Crippen molar-refractivity contribution in [2.45, 2.75) is 25.9 Å². The zero-order chi connectivity index (χ0) is 15.6. The highest BCUT2D eigenvalue weighted by Gasteiger charge is 2.37. The van der Waals surface area contributed by atoms with E-state index in [0.29, 0.717) is 0 Å². The fourth-order valence-corrected chi connectivity index (χ4v) is 3.37. The number of rotatable bonds is 7. The average molecular weight is 304 g/mol. The molecule has 20 heavy (non-hydrogen) atoms. The molecule has 0 bridgehead atoms. The van der Waals surface area contributed by atoms with Crippen molar-refractivity contribution in [2.75, 3.05) is 21.3 Å². The Morgan fingerprint density at radius 3 is 2.15 bits per heavy atom. The van der Waals surface area contributed by atoms with Crippen molar-refractivity contribution in [3.8, 4) is 0 Å². The van der Waals surface area contributed by atoms with Crippen LogP contribution in [0.2, 0.25) is 6.04 Å². The fraction of sp³-hybridized carbons (Fsp3) is 0.667. The van der Waals surface area contributed by atoms with E-state index in [1.54, 1.807) is 21.3 Å². The molecule has 0 unspecified atom stereocenters. The highest BCUT2D eigenvalue weighted by atomic mass is 28.4. The van der Waals surface area contributed by atoms with Crippen molar-refractivity contribution in [1.29, 1.82) is 0 Å². The first-order valence-corrected chi connectivity index (χ1v) is 8.16. The van der Waals surface area contributed by atoms with Gasteiger partial charge in [-0.1, -0.05) is 0 Å². The molecule has 0 N–H and O–H groups in total. The van der Waals surface area contributed by atoms with Gasteiger partial charge >= 0.3 is 8.80 Å². The first-order valence-electron chi connectivity index (χ1n) is 6.23. The largest absolute Gasteiger partial charge is 0.550 e. The SMILES string of the molecule is CC(=O)[O-].CO[Si](CCCn1cc[n+](C)c1)(OC)OC. The van der Waals surface area contributed by atoms with Gasteiger partial charge in [0, 0.05) is 33.3 Å². The third kappa shape index (κ3) is 7.39. The minimum absolute atomic E-state index is 0.832. The Hall–Kier alpha value is -1.22. The van der Waals surface area contributed by atoms with Gasteiger partial charge in [-0.2, -0.15) is 0 Å². The Kier molecular flexibility index (Phi) is 9.05. The predicted molar refractivity (Wildman–Crippen MR) is 72.5 cm³/mol. The van der Waals surface area contributed by atoms with Gasteiger partial charge in [-0.25, -0.2) is 9.13 Å². The van der Waals surface area contributed by atoms with Gasteiger partial charge in [-0.05, 0) is 13.3 Å². The number of nitrogens with zero attached hydrogens (tertiary/aromatic N) is 2. The summed E-state index contributed by atoms with van der Waals surface area (Å²) >= 11 is 0. The average Bonchev–Trinajstić information content (AvgIpc) is 2.80. The summed E-state index contributed by atoms with van der Waals surface area (Å²) in [4.78, 5) is 8.89. The zero-order valence-electron chi connectivity index (χ0n) is 12.8. The standard InChI is InChI=1S/C10H21N2O3Si.C2H4O2/c1-11-7-8-12(10-11)6-5-9-16(13-2,14-3)15-4;1-2(3)4/h7-8,10H,5-6,9H2,1-4H3;1H3,(H,3,4)/q+1;/p-1. The van der Waals surface area contributed by atoms with Crippen LogP contribution in [0, 0.1) is 0 Å². The van der Waals surface area contributed by atoms with E-state index < -0.39 is 14.8 Å². The van der Waals surface area contributed by atoms with Gasteiger partial charge in [-0.15, -0.1) is 0 Å². The molecule has 1 aromatic rings. The van der Waals surface area contributed by atoms with Crippen molar-refractivity contribution in [3.05, 3.63) is 18.7 Å². The lowest BCUT2D eigenvalue weighted by atomic mass is 10.5. The van der Waals surface area contributed by atoms with Gasteiger partial charge in [0.1, 0.15) is 12.4 Å². The minimum Gasteiger partial charge on any atom is -0.550 e. The highest BCUT2D eigenvalue weighted by Crippen LogP contribution is 2.15. The fourth-order valence-electron chi connectivity index (χ4n) is 1.67. The number of carboxylic acid groups (broad SMARTS) is 1. The molecule has 0 saturated heterocycles. The maximum absolute atomic E-state index is 8.89. The third-order valence-corrected chi connectivity index (χ3v) is 5.49. The molecule has 1 heterocycles. The molecule has 0 spiro atoms. The number of hydrogen-bond acceptors (Lipinski definition) is 5. The van der Waals surface area contributed by atoms with Crippen LogP contribution >= 0.6 is 0 Å². The summed E-state index contributed by atoms with van der Waals surface area (Å²) in [7, 11) is 4.57. The van der Waals surface area contributed by atoms with Crippen LogP contribution < -0.4 is 9.67 Å². The molecule has 7 nitrogen and oxygen atoms in total. The molecule has 116 valence electrons. The Balaban J connectivity index is 0.000000796. The number of aromatic nitrogens is 2. The molecule has 1 rings (SSSR count). The van der Waals surface area contributed by atoms with E-state index >= 15 is 0 Å². The number of carboxylic acids is 1. The summed E-state index contributed by atoms with van der Waals surface area (Å²) < 4.78 is 20.2. The topological polar surface area (TPSA) is 76.6 Å². The molecular formula is C12H24N2O5Si. The predicted octanol–water partition coefficient (Wildman–Crippen LogP) is -0.663. The van der Waals surface area contributed by atoms with Gasteiger partial charge < -0.3 is 23.2 Å². The smallest absolute Gasteiger partial charge is 0.500 e. The first kappa shape index (κ1) is 18.8. The van der Waals surface area contributed by atoms with E-state index in [1.165, 1.54) is 0 Å². The summed E-state index contributed by atoms with van der Waals surface area (Å²) in [5.41, 5.74) is 0. The maximum Gasteiger partial charge on any atom is 0.500 e. The van der Waals surface area contributed by atoms with E-state index in [0.717, 1.165) is 25.9 Å². The van der Waals surface area contributed by atoms with E-state index in [4.69, 9.17) is 23.2 Å². The molecule has 0 aliphatic rings. The zero-order valence-corrected chi connectivity index (χ0v) is 13.8. The number of hydrogen-bond donors (Lipinski definition) is 0. The van der Waals surface area contributed by atoms with Gasteiger partial charge in [0.05, 0.1) is 13.6 Å². The van der Waals surface area contributed by atoms with Crippen LogP contribution in [0.25, 0.3) is 0 Å². The highest BCUT2D eigenvalue weighted by molar-refractivity contribution is 6.60. The normalized spacial score (nSPS) is 10.8. The van der Waals surface area contributed by atoms with Crippen LogP contribution in [-0.4, -0.2) is 40.7 Å². The molecule has 0 radical (unpaired) electrons. The molecule has 0 aromatic carbocycles. The van der Waals surface area contributed by atoms with Crippen LogP contribution in [0.1, 0.15) is 13.3 Å². The number of imidazole rings is 1. The van der Waals surface area contributed by atoms with Crippen molar-refractivity contribution in [1.82, 2.24) is 4.57 Å². The van der Waals surface area contributed by atoms with Crippen LogP contribution in [-0.2, 0) is 31.7 Å². The van der Waals surface area contributed by atoms with Gasteiger partial charge in [-0.3, -0.25) is 0 Å². The summed E-state index contributed by atoms with van der Waals surface area (Å²) in [6.45, 7) is 1.92. The lowest BCUT2D eigenvalue weighted by molar-refractivity contribution is -0.671. The third-order valence-electron chi connectivity index (χ3n) is 2.66. The van der Waals surface area contributed by atoms with Crippen molar-refractivity contribution >= 4 is 14.8 Å². The van der Waals surface area contributed by atoms with Crippen molar-refractivity contribution in [2.24, 2.45) is 7.05 Å². The van der Waals surface area contributed by atoms with Crippen molar-refractivity contribution in [3.63, 3.8) is 0 Å². The Morgan fingerprint density at radius 1 is 1.30 bits per heavy atom. The van der Waals surface area contributed by atoms with E-state index in [9.17, 15) is 0 Å². The number of carbonyl (C=O) groups is 1. The molecule has 0 atom stereocenters. The van der Waals surface area contributed by atoms with E-state index in [2.05, 4.69) is 17.1 Å². The van der Waals surface area contributed by atoms with E-state index in [1.807, 2.05) is 17.8 Å². The second kappa shape index (κ2) is 9.64. The number of aliphatic carboxylic acids is 1. The molecule has 1 aromatic heterocycles. The monoisotopic (exact) mass is 304 g/mol. The van der Waals surface area contributed by atoms with Crippen LogP contribution in [0.4, 0.5) is 0 Å². The van der Waals surface area contributed by atoms with E-state index in [-0.39, 0.29) is 0 Å². The second-order valence-corrected chi connectivity index (χ2v) is 7.30. The number of carbonyl (C=O) groups excluding carboxylic acids is 1. The summed E-state index contributed by atoms with van der Waals surface area (Å²) in [5, 5.41) is 8.89. The first-order chi connectivity index (χ1) is 9.39. The maximum atomic E-state index is 8.89. The van der Waals surface area contributed by atoms with Gasteiger partial charge in [0.15, 0.2) is 0 Å². The molecule has 0 amide bonds. The molecule has 0 saturated carbocycles. The molecule has 0 aliphatic carbocycles. The van der Waals surface area contributed by atoms with Gasteiger partial charge in [0.2, 0.25) is 6.33 Å². The van der Waals surface area contributed by atoms with Gasteiger partial charge in [0.25, 0.3) is 0 Å². The summed E-state index contributed by atoms with van der Waals surface area (Å²) in [6, 6.07) is 0.832. The quantitative estimate of drug-likeness (QED) is 0.493.